The Morgan fingerprint density at radius 3 is 2.65 bits per heavy atom. The smallest absolute Gasteiger partial charge is 0.242 e. The number of rotatable bonds is 6. The molecule has 126 valence electrons. The largest absolute Gasteiger partial charge is 0.461 e. The summed E-state index contributed by atoms with van der Waals surface area (Å²) < 4.78 is 5.82. The van der Waals surface area contributed by atoms with Crippen molar-refractivity contribution in [2.24, 2.45) is 5.73 Å². The number of carbonyl (C=O) groups is 2. The zero-order valence-corrected chi connectivity index (χ0v) is 14.1. The molecule has 0 fully saturated rings. The molecule has 1 aromatic carbocycles. The predicted octanol–water partition coefficient (Wildman–Crippen LogP) is 1.45. The molecule has 0 radical (unpaired) electrons. The molecular formula is C16H22ClN3O3. The van der Waals surface area contributed by atoms with Crippen LogP contribution < -0.4 is 11.1 Å². The first kappa shape index (κ1) is 19.0. The minimum Gasteiger partial charge on any atom is -0.461 e. The van der Waals surface area contributed by atoms with Gasteiger partial charge in [0.05, 0.1) is 13.1 Å². The van der Waals surface area contributed by atoms with Crippen molar-refractivity contribution in [1.29, 1.82) is 0 Å². The summed E-state index contributed by atoms with van der Waals surface area (Å²) in [6.45, 7) is 2.29. The van der Waals surface area contributed by atoms with Crippen LogP contribution in [0.15, 0.2) is 28.7 Å². The number of hydrogen-bond acceptors (Lipinski definition) is 4. The number of fused-ring (bicyclic) bond motifs is 1. The van der Waals surface area contributed by atoms with E-state index >= 15 is 0 Å². The van der Waals surface area contributed by atoms with Crippen LogP contribution >= 0.6 is 12.4 Å². The molecule has 2 aromatic rings. The molecule has 0 bridgehead atoms. The summed E-state index contributed by atoms with van der Waals surface area (Å²) in [5.74, 6) is 0.366. The van der Waals surface area contributed by atoms with Gasteiger partial charge < -0.3 is 20.4 Å². The zero-order chi connectivity index (χ0) is 16.1. The van der Waals surface area contributed by atoms with Gasteiger partial charge in [-0.1, -0.05) is 25.1 Å². The lowest BCUT2D eigenvalue weighted by Crippen LogP contribution is -2.40. The van der Waals surface area contributed by atoms with Crippen LogP contribution in [0.2, 0.25) is 0 Å². The predicted molar refractivity (Wildman–Crippen MR) is 91.4 cm³/mol. The fourth-order valence-electron chi connectivity index (χ4n) is 2.32. The minimum atomic E-state index is -0.343. The Labute approximate surface area is 141 Å². The number of halogens is 1. The molecule has 0 unspecified atom stereocenters. The molecule has 6 nitrogen and oxygen atoms in total. The van der Waals surface area contributed by atoms with Crippen molar-refractivity contribution in [2.45, 2.75) is 19.9 Å². The molecule has 0 aliphatic rings. The highest BCUT2D eigenvalue weighted by Gasteiger charge is 2.17. The van der Waals surface area contributed by atoms with Gasteiger partial charge >= 0.3 is 0 Å². The van der Waals surface area contributed by atoms with E-state index in [1.54, 1.807) is 11.9 Å². The monoisotopic (exact) mass is 339 g/mol. The van der Waals surface area contributed by atoms with E-state index in [1.165, 1.54) is 0 Å². The molecule has 7 heteroatoms. The van der Waals surface area contributed by atoms with Crippen LogP contribution in [0.3, 0.4) is 0 Å². The average Bonchev–Trinajstić information content (AvgIpc) is 2.90. The summed E-state index contributed by atoms with van der Waals surface area (Å²) in [4.78, 5) is 24.8. The van der Waals surface area contributed by atoms with Crippen molar-refractivity contribution in [3.8, 4) is 0 Å². The molecule has 0 saturated carbocycles. The summed E-state index contributed by atoms with van der Waals surface area (Å²) in [5, 5.41) is 3.50. The molecule has 2 rings (SSSR count). The number of benzene rings is 1. The van der Waals surface area contributed by atoms with Gasteiger partial charge in [0.15, 0.2) is 0 Å². The average molecular weight is 340 g/mol. The van der Waals surface area contributed by atoms with E-state index in [0.29, 0.717) is 6.54 Å². The third kappa shape index (κ3) is 4.46. The quantitative estimate of drug-likeness (QED) is 0.833. The molecule has 3 N–H and O–H groups in total. The van der Waals surface area contributed by atoms with Crippen LogP contribution in [0.4, 0.5) is 0 Å². The van der Waals surface area contributed by atoms with Gasteiger partial charge in [-0.15, -0.1) is 12.4 Å². The number of hydrogen-bond donors (Lipinski definition) is 2. The number of nitrogens with one attached hydrogen (secondary N) is 1. The molecule has 0 aliphatic carbocycles. The van der Waals surface area contributed by atoms with Crippen LogP contribution in [-0.2, 0) is 22.6 Å². The zero-order valence-electron chi connectivity index (χ0n) is 13.3. The van der Waals surface area contributed by atoms with E-state index in [4.69, 9.17) is 10.2 Å². The third-order valence-corrected chi connectivity index (χ3v) is 3.55. The lowest BCUT2D eigenvalue weighted by molar-refractivity contribution is -0.131. The summed E-state index contributed by atoms with van der Waals surface area (Å²) in [6, 6.07) is 7.78. The number of nitrogens with two attached hydrogens (primary N) is 1. The normalized spacial score (nSPS) is 10.2. The fourth-order valence-corrected chi connectivity index (χ4v) is 2.32. The molecule has 0 aliphatic heterocycles. The molecule has 2 amide bonds. The van der Waals surface area contributed by atoms with Gasteiger partial charge in [0, 0.05) is 31.0 Å². The van der Waals surface area contributed by atoms with Crippen molar-refractivity contribution >= 4 is 35.2 Å². The maximum absolute atomic E-state index is 12.1. The summed E-state index contributed by atoms with van der Waals surface area (Å²) in [7, 11) is 1.71. The number of amides is 2. The molecule has 0 spiro atoms. The van der Waals surface area contributed by atoms with Gasteiger partial charge in [0.25, 0.3) is 0 Å². The maximum atomic E-state index is 12.1. The Bertz CT molecular complexity index is 684. The maximum Gasteiger partial charge on any atom is 0.242 e. The number of para-hydroxylation sites is 1. The Kier molecular flexibility index (Phi) is 7.06. The molecule has 1 aromatic heterocycles. The Hall–Kier alpha value is -2.05. The lowest BCUT2D eigenvalue weighted by atomic mass is 10.1. The third-order valence-electron chi connectivity index (χ3n) is 3.55. The number of likely N-dealkylation sites (N-methyl/N-ethyl adjacent to an activating group) is 1. The highest BCUT2D eigenvalue weighted by Crippen LogP contribution is 2.27. The number of furan rings is 1. The van der Waals surface area contributed by atoms with Crippen molar-refractivity contribution in [3.05, 3.63) is 35.6 Å². The van der Waals surface area contributed by atoms with E-state index in [0.717, 1.165) is 28.7 Å². The van der Waals surface area contributed by atoms with Crippen LogP contribution in [0.1, 0.15) is 18.2 Å². The Balaban J connectivity index is 0.00000264. The van der Waals surface area contributed by atoms with Gasteiger partial charge in [-0.05, 0) is 6.07 Å². The first-order valence-electron chi connectivity index (χ1n) is 7.26. The van der Waals surface area contributed by atoms with Crippen molar-refractivity contribution in [1.82, 2.24) is 10.2 Å². The molecular weight excluding hydrogens is 318 g/mol. The van der Waals surface area contributed by atoms with Gasteiger partial charge in [-0.2, -0.15) is 0 Å². The van der Waals surface area contributed by atoms with E-state index in [-0.39, 0.29) is 37.3 Å². The van der Waals surface area contributed by atoms with Crippen molar-refractivity contribution in [2.75, 3.05) is 20.1 Å². The van der Waals surface area contributed by atoms with Crippen LogP contribution in [0, 0.1) is 0 Å². The van der Waals surface area contributed by atoms with Crippen LogP contribution in [0.25, 0.3) is 11.0 Å². The second-order valence-corrected chi connectivity index (χ2v) is 5.08. The van der Waals surface area contributed by atoms with E-state index in [2.05, 4.69) is 5.32 Å². The molecule has 1 heterocycles. The Morgan fingerprint density at radius 2 is 2.00 bits per heavy atom. The standard InChI is InChI=1S/C16H21N3O3.ClH/c1-3-13-12(11-6-4-5-7-14(11)22-13)10-19(2)16(21)9-18-15(20)8-17;/h4-7H,3,8-10,17H2,1-2H3,(H,18,20);1H. The summed E-state index contributed by atoms with van der Waals surface area (Å²) >= 11 is 0. The minimum absolute atomic E-state index is 0. The van der Waals surface area contributed by atoms with E-state index < -0.39 is 0 Å². The second kappa shape index (κ2) is 8.55. The van der Waals surface area contributed by atoms with Crippen molar-refractivity contribution < 1.29 is 14.0 Å². The van der Waals surface area contributed by atoms with Gasteiger partial charge in [0.2, 0.25) is 11.8 Å². The highest BCUT2D eigenvalue weighted by atomic mass is 35.5. The van der Waals surface area contributed by atoms with Crippen LogP contribution in [0.5, 0.6) is 0 Å². The lowest BCUT2D eigenvalue weighted by Gasteiger charge is -2.17. The molecule has 0 atom stereocenters. The van der Waals surface area contributed by atoms with E-state index in [9.17, 15) is 9.59 Å². The van der Waals surface area contributed by atoms with Gasteiger partial charge in [-0.25, -0.2) is 0 Å². The van der Waals surface area contributed by atoms with Gasteiger partial charge in [-0.3, -0.25) is 9.59 Å². The Morgan fingerprint density at radius 1 is 1.30 bits per heavy atom. The summed E-state index contributed by atoms with van der Waals surface area (Å²) in [5.41, 5.74) is 7.03. The van der Waals surface area contributed by atoms with Gasteiger partial charge in [0.1, 0.15) is 11.3 Å². The highest BCUT2D eigenvalue weighted by molar-refractivity contribution is 5.86. The number of aryl methyl sites for hydroxylation is 1. The second-order valence-electron chi connectivity index (χ2n) is 5.08. The first-order chi connectivity index (χ1) is 10.6. The van der Waals surface area contributed by atoms with Crippen molar-refractivity contribution in [3.63, 3.8) is 0 Å². The van der Waals surface area contributed by atoms with E-state index in [1.807, 2.05) is 31.2 Å². The first-order valence-corrected chi connectivity index (χ1v) is 7.26. The fraction of sp³-hybridized carbons (Fsp3) is 0.375. The van der Waals surface area contributed by atoms with Crippen LogP contribution in [-0.4, -0.2) is 36.9 Å². The summed E-state index contributed by atoms with van der Waals surface area (Å²) in [6.07, 6.45) is 0.760. The number of carbonyl (C=O) groups excluding carboxylic acids is 2. The molecule has 23 heavy (non-hydrogen) atoms. The number of nitrogens with zero attached hydrogens (tertiary/aromatic N) is 1. The molecule has 0 saturated heterocycles. The SMILES string of the molecule is CCc1oc2ccccc2c1CN(C)C(=O)CNC(=O)CN.Cl. The topological polar surface area (TPSA) is 88.6 Å².